The Morgan fingerprint density at radius 1 is 1.06 bits per heavy atom. The summed E-state index contributed by atoms with van der Waals surface area (Å²) >= 11 is 0. The number of nitrogens with one attached hydrogen (secondary N) is 2. The number of carbonyl (C=O) groups is 2. The zero-order valence-corrected chi connectivity index (χ0v) is 11.0. The molecule has 0 rings (SSSR count). The molecule has 2 amide bonds. The minimum Gasteiger partial charge on any atom is -0.481 e. The van der Waals surface area contributed by atoms with E-state index in [0.29, 0.717) is 25.9 Å². The Morgan fingerprint density at radius 2 is 1.65 bits per heavy atom. The van der Waals surface area contributed by atoms with Gasteiger partial charge in [-0.3, -0.25) is 4.79 Å². The number of rotatable bonds is 7. The van der Waals surface area contributed by atoms with Crippen LogP contribution in [0.25, 0.3) is 0 Å². The van der Waals surface area contributed by atoms with Crippen LogP contribution in [-0.4, -0.2) is 30.2 Å². The molecule has 0 radical (unpaired) electrons. The van der Waals surface area contributed by atoms with Crippen LogP contribution in [0.1, 0.15) is 46.5 Å². The molecule has 17 heavy (non-hydrogen) atoms. The van der Waals surface area contributed by atoms with E-state index in [1.165, 1.54) is 0 Å². The third-order valence-corrected chi connectivity index (χ3v) is 2.26. The van der Waals surface area contributed by atoms with Crippen molar-refractivity contribution in [3.05, 3.63) is 0 Å². The molecule has 100 valence electrons. The van der Waals surface area contributed by atoms with Gasteiger partial charge in [-0.15, -0.1) is 0 Å². The molecule has 0 aliphatic rings. The smallest absolute Gasteiger partial charge is 0.314 e. The van der Waals surface area contributed by atoms with E-state index in [9.17, 15) is 9.59 Å². The van der Waals surface area contributed by atoms with Gasteiger partial charge in [-0.2, -0.15) is 0 Å². The average molecular weight is 244 g/mol. The summed E-state index contributed by atoms with van der Waals surface area (Å²) < 4.78 is 0. The van der Waals surface area contributed by atoms with Crippen LogP contribution in [0, 0.1) is 5.41 Å². The zero-order valence-electron chi connectivity index (χ0n) is 11.0. The zero-order chi connectivity index (χ0) is 13.3. The molecule has 3 N–H and O–H groups in total. The Labute approximate surface area is 103 Å². The third-order valence-electron chi connectivity index (χ3n) is 2.26. The summed E-state index contributed by atoms with van der Waals surface area (Å²) in [4.78, 5) is 21.5. The van der Waals surface area contributed by atoms with Crippen molar-refractivity contribution in [2.75, 3.05) is 13.1 Å². The van der Waals surface area contributed by atoms with Crippen LogP contribution in [0.5, 0.6) is 0 Å². The van der Waals surface area contributed by atoms with Crippen LogP contribution >= 0.6 is 0 Å². The summed E-state index contributed by atoms with van der Waals surface area (Å²) in [5.74, 6) is -0.792. The predicted molar refractivity (Wildman–Crippen MR) is 67.0 cm³/mol. The average Bonchev–Trinajstić information content (AvgIpc) is 2.14. The summed E-state index contributed by atoms with van der Waals surface area (Å²) in [6.45, 7) is 7.55. The van der Waals surface area contributed by atoms with E-state index < -0.39 is 5.97 Å². The molecule has 0 unspecified atom stereocenters. The van der Waals surface area contributed by atoms with Crippen LogP contribution in [-0.2, 0) is 4.79 Å². The quantitative estimate of drug-likeness (QED) is 0.599. The first-order valence-electron chi connectivity index (χ1n) is 6.05. The van der Waals surface area contributed by atoms with Crippen LogP contribution in [0.2, 0.25) is 0 Å². The Hall–Kier alpha value is -1.26. The molecule has 0 atom stereocenters. The van der Waals surface area contributed by atoms with Gasteiger partial charge in [0.25, 0.3) is 0 Å². The van der Waals surface area contributed by atoms with Crippen molar-refractivity contribution in [3.63, 3.8) is 0 Å². The fraction of sp³-hybridized carbons (Fsp3) is 0.833. The van der Waals surface area contributed by atoms with Crippen molar-refractivity contribution < 1.29 is 14.7 Å². The fourth-order valence-corrected chi connectivity index (χ4v) is 1.22. The number of carbonyl (C=O) groups excluding carboxylic acids is 1. The van der Waals surface area contributed by atoms with Gasteiger partial charge in [0.15, 0.2) is 0 Å². The molecule has 0 aliphatic carbocycles. The molecule has 0 aromatic carbocycles. The van der Waals surface area contributed by atoms with Gasteiger partial charge in [0.05, 0.1) is 0 Å². The maximum atomic E-state index is 11.3. The lowest BCUT2D eigenvalue weighted by Crippen LogP contribution is -2.37. The lowest BCUT2D eigenvalue weighted by atomic mass is 9.92. The van der Waals surface area contributed by atoms with Crippen molar-refractivity contribution in [2.24, 2.45) is 5.41 Å². The van der Waals surface area contributed by atoms with Gasteiger partial charge in [-0.25, -0.2) is 4.79 Å². The molecule has 0 saturated heterocycles. The minimum atomic E-state index is -0.792. The highest BCUT2D eigenvalue weighted by Crippen LogP contribution is 2.16. The van der Waals surface area contributed by atoms with E-state index in [-0.39, 0.29) is 17.9 Å². The van der Waals surface area contributed by atoms with Gasteiger partial charge in [-0.1, -0.05) is 20.8 Å². The SMILES string of the molecule is CC(C)(C)CCNC(=O)NCCCCC(=O)O. The number of hydrogen-bond donors (Lipinski definition) is 3. The van der Waals surface area contributed by atoms with Gasteiger partial charge in [0.1, 0.15) is 0 Å². The van der Waals surface area contributed by atoms with Crippen molar-refractivity contribution in [3.8, 4) is 0 Å². The van der Waals surface area contributed by atoms with E-state index in [1.54, 1.807) is 0 Å². The molecule has 0 aromatic heterocycles. The molecular weight excluding hydrogens is 220 g/mol. The van der Waals surface area contributed by atoms with Crippen LogP contribution in [0.15, 0.2) is 0 Å². The maximum Gasteiger partial charge on any atom is 0.314 e. The summed E-state index contributed by atoms with van der Waals surface area (Å²) in [6.07, 6.45) is 2.38. The monoisotopic (exact) mass is 244 g/mol. The molecular formula is C12H24N2O3. The molecule has 0 heterocycles. The second kappa shape index (κ2) is 7.92. The first-order valence-corrected chi connectivity index (χ1v) is 6.05. The highest BCUT2D eigenvalue weighted by atomic mass is 16.4. The van der Waals surface area contributed by atoms with Gasteiger partial charge >= 0.3 is 12.0 Å². The molecule has 5 heteroatoms. The van der Waals surface area contributed by atoms with Gasteiger partial charge in [0, 0.05) is 19.5 Å². The standard InChI is InChI=1S/C12H24N2O3/c1-12(2,3)7-9-14-11(17)13-8-5-4-6-10(15)16/h4-9H2,1-3H3,(H,15,16)(H2,13,14,17). The number of hydrogen-bond acceptors (Lipinski definition) is 2. The molecule has 0 spiro atoms. The minimum absolute atomic E-state index is 0.160. The Morgan fingerprint density at radius 3 is 2.18 bits per heavy atom. The maximum absolute atomic E-state index is 11.3. The lowest BCUT2D eigenvalue weighted by Gasteiger charge is -2.18. The topological polar surface area (TPSA) is 78.4 Å². The molecule has 0 aromatic rings. The number of unbranched alkanes of at least 4 members (excludes halogenated alkanes) is 1. The number of urea groups is 1. The van der Waals surface area contributed by atoms with E-state index in [2.05, 4.69) is 31.4 Å². The lowest BCUT2D eigenvalue weighted by molar-refractivity contribution is -0.137. The molecule has 0 fully saturated rings. The summed E-state index contributed by atoms with van der Waals surface area (Å²) in [6, 6.07) is -0.176. The predicted octanol–water partition coefficient (Wildman–Crippen LogP) is 1.98. The molecule has 0 bridgehead atoms. The largest absolute Gasteiger partial charge is 0.481 e. The Balaban J connectivity index is 3.38. The highest BCUT2D eigenvalue weighted by Gasteiger charge is 2.09. The van der Waals surface area contributed by atoms with Crippen molar-refractivity contribution >= 4 is 12.0 Å². The third kappa shape index (κ3) is 12.7. The first kappa shape index (κ1) is 15.7. The van der Waals surface area contributed by atoms with Gasteiger partial charge in [-0.05, 0) is 24.7 Å². The molecule has 0 aliphatic heterocycles. The summed E-state index contributed by atoms with van der Waals surface area (Å²) in [5, 5.41) is 13.9. The fourth-order valence-electron chi connectivity index (χ4n) is 1.22. The van der Waals surface area contributed by atoms with E-state index >= 15 is 0 Å². The van der Waals surface area contributed by atoms with E-state index in [0.717, 1.165) is 6.42 Å². The van der Waals surface area contributed by atoms with Crippen molar-refractivity contribution in [1.82, 2.24) is 10.6 Å². The van der Waals surface area contributed by atoms with Crippen molar-refractivity contribution in [2.45, 2.75) is 46.5 Å². The van der Waals surface area contributed by atoms with Crippen LogP contribution in [0.4, 0.5) is 4.79 Å². The number of amides is 2. The number of carboxylic acid groups (broad SMARTS) is 1. The molecule has 5 nitrogen and oxygen atoms in total. The number of aliphatic carboxylic acids is 1. The second-order valence-corrected chi connectivity index (χ2v) is 5.34. The van der Waals surface area contributed by atoms with E-state index in [4.69, 9.17) is 5.11 Å². The Kier molecular flexibility index (Phi) is 7.34. The summed E-state index contributed by atoms with van der Waals surface area (Å²) in [5.41, 5.74) is 0.217. The molecule has 0 saturated carbocycles. The van der Waals surface area contributed by atoms with Crippen molar-refractivity contribution in [1.29, 1.82) is 0 Å². The first-order chi connectivity index (χ1) is 7.81. The Bertz CT molecular complexity index is 247. The van der Waals surface area contributed by atoms with Crippen LogP contribution in [0.3, 0.4) is 0 Å². The second-order valence-electron chi connectivity index (χ2n) is 5.34. The van der Waals surface area contributed by atoms with Gasteiger partial charge in [0.2, 0.25) is 0 Å². The van der Waals surface area contributed by atoms with Gasteiger partial charge < -0.3 is 15.7 Å². The van der Waals surface area contributed by atoms with Crippen LogP contribution < -0.4 is 10.6 Å². The number of carboxylic acids is 1. The van der Waals surface area contributed by atoms with E-state index in [1.807, 2.05) is 0 Å². The normalized spacial score (nSPS) is 11.0. The highest BCUT2D eigenvalue weighted by molar-refractivity contribution is 5.73. The summed E-state index contributed by atoms with van der Waals surface area (Å²) in [7, 11) is 0.